The van der Waals surface area contributed by atoms with E-state index < -0.39 is 0 Å². The van der Waals surface area contributed by atoms with Gasteiger partial charge in [-0.3, -0.25) is 9.78 Å². The monoisotopic (exact) mass is 313 g/mol. The van der Waals surface area contributed by atoms with E-state index in [1.165, 1.54) is 0 Å². The van der Waals surface area contributed by atoms with Gasteiger partial charge in [0, 0.05) is 29.8 Å². The number of hydrogen-bond acceptors (Lipinski definition) is 4. The molecule has 0 saturated carbocycles. The van der Waals surface area contributed by atoms with Crippen LogP contribution < -0.4 is 0 Å². The lowest BCUT2D eigenvalue weighted by Crippen LogP contribution is -2.34. The van der Waals surface area contributed by atoms with E-state index >= 15 is 0 Å². The zero-order valence-electron chi connectivity index (χ0n) is 14.2. The molecule has 2 aromatic rings. The number of amides is 1. The van der Waals surface area contributed by atoms with Gasteiger partial charge in [0.1, 0.15) is 5.76 Å². The molecule has 3 rings (SSSR count). The molecular formula is C18H23N3O2. The fraction of sp³-hybridized carbons (Fsp3) is 0.500. The highest BCUT2D eigenvalue weighted by molar-refractivity contribution is 5.79. The standard InChI is InChI=1S/C18H23N3O2/c1-11(2)18(22)21-9-5-6-16(21)15-8-7-14(10-19-15)17-12(3)20-23-13(17)4/h7-8,10-11,16H,5-6,9H2,1-4H3/t16-/m1/s1. The first-order valence-corrected chi connectivity index (χ1v) is 8.18. The summed E-state index contributed by atoms with van der Waals surface area (Å²) >= 11 is 0. The zero-order valence-corrected chi connectivity index (χ0v) is 14.2. The van der Waals surface area contributed by atoms with Gasteiger partial charge in [0.25, 0.3) is 0 Å². The third-order valence-electron chi connectivity index (χ3n) is 4.48. The summed E-state index contributed by atoms with van der Waals surface area (Å²) in [6.07, 6.45) is 3.88. The summed E-state index contributed by atoms with van der Waals surface area (Å²) in [7, 11) is 0. The highest BCUT2D eigenvalue weighted by Crippen LogP contribution is 2.33. The van der Waals surface area contributed by atoms with E-state index in [9.17, 15) is 4.79 Å². The van der Waals surface area contributed by atoms with Crippen LogP contribution in [0.15, 0.2) is 22.9 Å². The molecule has 23 heavy (non-hydrogen) atoms. The van der Waals surface area contributed by atoms with Crippen molar-refractivity contribution in [2.75, 3.05) is 6.54 Å². The quantitative estimate of drug-likeness (QED) is 0.867. The predicted molar refractivity (Wildman–Crippen MR) is 87.7 cm³/mol. The Morgan fingerprint density at radius 1 is 1.35 bits per heavy atom. The molecule has 122 valence electrons. The van der Waals surface area contributed by atoms with Crippen molar-refractivity contribution in [3.8, 4) is 11.1 Å². The number of likely N-dealkylation sites (tertiary alicyclic amines) is 1. The number of nitrogens with zero attached hydrogens (tertiary/aromatic N) is 3. The lowest BCUT2D eigenvalue weighted by molar-refractivity contribution is -0.135. The first kappa shape index (κ1) is 15.7. The first-order chi connectivity index (χ1) is 11.0. The Morgan fingerprint density at radius 2 is 2.13 bits per heavy atom. The smallest absolute Gasteiger partial charge is 0.225 e. The third-order valence-corrected chi connectivity index (χ3v) is 4.48. The molecular weight excluding hydrogens is 290 g/mol. The molecule has 0 bridgehead atoms. The van der Waals surface area contributed by atoms with Crippen molar-refractivity contribution < 1.29 is 9.32 Å². The number of hydrogen-bond donors (Lipinski definition) is 0. The summed E-state index contributed by atoms with van der Waals surface area (Å²) in [5.41, 5.74) is 3.84. The second-order valence-electron chi connectivity index (χ2n) is 6.52. The van der Waals surface area contributed by atoms with Gasteiger partial charge in [-0.15, -0.1) is 0 Å². The van der Waals surface area contributed by atoms with Crippen molar-refractivity contribution in [1.29, 1.82) is 0 Å². The second kappa shape index (κ2) is 6.14. The van der Waals surface area contributed by atoms with Crippen molar-refractivity contribution in [3.63, 3.8) is 0 Å². The first-order valence-electron chi connectivity index (χ1n) is 8.18. The molecule has 1 fully saturated rings. The lowest BCUT2D eigenvalue weighted by Gasteiger charge is -2.26. The largest absolute Gasteiger partial charge is 0.361 e. The van der Waals surface area contributed by atoms with Gasteiger partial charge in [0.05, 0.1) is 17.4 Å². The Hall–Kier alpha value is -2.17. The average molecular weight is 313 g/mol. The van der Waals surface area contributed by atoms with Crippen LogP contribution in [0, 0.1) is 19.8 Å². The van der Waals surface area contributed by atoms with Crippen molar-refractivity contribution >= 4 is 5.91 Å². The van der Waals surface area contributed by atoms with E-state index in [-0.39, 0.29) is 17.9 Å². The molecule has 3 heterocycles. The Balaban J connectivity index is 1.86. The minimum atomic E-state index is 0.0252. The van der Waals surface area contributed by atoms with Crippen LogP contribution in [-0.4, -0.2) is 27.5 Å². The highest BCUT2D eigenvalue weighted by Gasteiger charge is 2.31. The van der Waals surface area contributed by atoms with Crippen LogP contribution >= 0.6 is 0 Å². The van der Waals surface area contributed by atoms with Crippen LogP contribution in [0.25, 0.3) is 11.1 Å². The molecule has 5 heteroatoms. The SMILES string of the molecule is Cc1noc(C)c1-c1ccc([C@H]2CCCN2C(=O)C(C)C)nc1. The van der Waals surface area contributed by atoms with Crippen molar-refractivity contribution in [3.05, 3.63) is 35.5 Å². The normalized spacial score (nSPS) is 18.0. The number of carbonyl (C=O) groups is 1. The Morgan fingerprint density at radius 3 is 2.70 bits per heavy atom. The number of pyridine rings is 1. The Labute approximate surface area is 136 Å². The molecule has 0 spiro atoms. The van der Waals surface area contributed by atoms with Gasteiger partial charge >= 0.3 is 0 Å². The molecule has 0 N–H and O–H groups in total. The predicted octanol–water partition coefficient (Wildman–Crippen LogP) is 3.67. The molecule has 5 nitrogen and oxygen atoms in total. The molecule has 1 aliphatic rings. The van der Waals surface area contributed by atoms with Gasteiger partial charge < -0.3 is 9.42 Å². The van der Waals surface area contributed by atoms with Crippen LogP contribution in [0.3, 0.4) is 0 Å². The Bertz CT molecular complexity index is 684. The van der Waals surface area contributed by atoms with Crippen LogP contribution in [0.2, 0.25) is 0 Å². The number of aromatic nitrogens is 2. The number of rotatable bonds is 3. The molecule has 0 aromatic carbocycles. The molecule has 2 aromatic heterocycles. The van der Waals surface area contributed by atoms with Crippen molar-refractivity contribution in [2.24, 2.45) is 5.92 Å². The van der Waals surface area contributed by atoms with Gasteiger partial charge in [0.2, 0.25) is 5.91 Å². The summed E-state index contributed by atoms with van der Waals surface area (Å²) in [6.45, 7) is 8.56. The molecule has 1 aliphatic heterocycles. The molecule has 1 amide bonds. The minimum Gasteiger partial charge on any atom is -0.361 e. The van der Waals surface area contributed by atoms with Gasteiger partial charge in [-0.1, -0.05) is 25.1 Å². The summed E-state index contributed by atoms with van der Waals surface area (Å²) in [5, 5.41) is 3.99. The maximum absolute atomic E-state index is 12.3. The zero-order chi connectivity index (χ0) is 16.6. The van der Waals surface area contributed by atoms with E-state index in [2.05, 4.69) is 10.1 Å². The van der Waals surface area contributed by atoms with Crippen LogP contribution in [0.5, 0.6) is 0 Å². The highest BCUT2D eigenvalue weighted by atomic mass is 16.5. The second-order valence-corrected chi connectivity index (χ2v) is 6.52. The van der Waals surface area contributed by atoms with Crippen molar-refractivity contribution in [1.82, 2.24) is 15.0 Å². The molecule has 1 atom stereocenters. The van der Waals surface area contributed by atoms with Crippen molar-refractivity contribution in [2.45, 2.75) is 46.6 Å². The average Bonchev–Trinajstić information content (AvgIpc) is 3.14. The van der Waals surface area contributed by atoms with Gasteiger partial charge in [-0.25, -0.2) is 0 Å². The summed E-state index contributed by atoms with van der Waals surface area (Å²) in [4.78, 5) is 19.0. The summed E-state index contributed by atoms with van der Waals surface area (Å²) in [5.74, 6) is 1.04. The minimum absolute atomic E-state index is 0.0252. The maximum Gasteiger partial charge on any atom is 0.225 e. The summed E-state index contributed by atoms with van der Waals surface area (Å²) < 4.78 is 5.22. The molecule has 0 unspecified atom stereocenters. The molecule has 1 saturated heterocycles. The summed E-state index contributed by atoms with van der Waals surface area (Å²) in [6, 6.07) is 4.17. The molecule has 0 radical (unpaired) electrons. The van der Waals surface area contributed by atoms with Gasteiger partial charge in [-0.05, 0) is 32.8 Å². The van der Waals surface area contributed by atoms with E-state index in [4.69, 9.17) is 4.52 Å². The molecule has 0 aliphatic carbocycles. The maximum atomic E-state index is 12.3. The van der Waals surface area contributed by atoms with E-state index in [0.717, 1.165) is 47.7 Å². The van der Waals surface area contributed by atoms with Crippen LogP contribution in [-0.2, 0) is 4.79 Å². The number of carbonyl (C=O) groups excluding carboxylic acids is 1. The number of aryl methyl sites for hydroxylation is 2. The fourth-order valence-electron chi connectivity index (χ4n) is 3.32. The van der Waals surface area contributed by atoms with Crippen LogP contribution in [0.4, 0.5) is 0 Å². The van der Waals surface area contributed by atoms with Gasteiger partial charge in [-0.2, -0.15) is 0 Å². The van der Waals surface area contributed by atoms with E-state index in [1.54, 1.807) is 0 Å². The van der Waals surface area contributed by atoms with Gasteiger partial charge in [0.15, 0.2) is 0 Å². The van der Waals surface area contributed by atoms with Crippen LogP contribution in [0.1, 0.15) is 49.9 Å². The lowest BCUT2D eigenvalue weighted by atomic mass is 10.0. The topological polar surface area (TPSA) is 59.2 Å². The third kappa shape index (κ3) is 2.87. The fourth-order valence-corrected chi connectivity index (χ4v) is 3.32. The Kier molecular flexibility index (Phi) is 4.20. The van der Waals surface area contributed by atoms with E-state index in [1.807, 2.05) is 50.9 Å². The van der Waals surface area contributed by atoms with E-state index in [0.29, 0.717) is 0 Å².